The second-order valence-electron chi connectivity index (χ2n) is 3.03. The first-order valence-corrected chi connectivity index (χ1v) is 5.68. The summed E-state index contributed by atoms with van der Waals surface area (Å²) < 4.78 is 0. The Balaban J connectivity index is 0.000000160. The molecule has 0 aliphatic heterocycles. The van der Waals surface area contributed by atoms with Gasteiger partial charge >= 0.3 is 0 Å². The molecule has 0 saturated heterocycles. The van der Waals surface area contributed by atoms with Gasteiger partial charge in [-0.05, 0) is 31.2 Å². The molecule has 0 amide bonds. The minimum atomic E-state index is 0.501. The first-order valence-electron chi connectivity index (χ1n) is 4.77. The maximum atomic E-state index is 5.65. The summed E-state index contributed by atoms with van der Waals surface area (Å²) in [5.41, 5.74) is 1.81. The van der Waals surface area contributed by atoms with Crippen molar-refractivity contribution >= 4 is 23.2 Å². The van der Waals surface area contributed by atoms with Crippen molar-refractivity contribution in [3.05, 3.63) is 59.1 Å². The van der Waals surface area contributed by atoms with E-state index in [1.807, 2.05) is 37.3 Å². The van der Waals surface area contributed by atoms with Gasteiger partial charge in [-0.15, -0.1) is 11.6 Å². The molecule has 0 fully saturated rings. The second-order valence-corrected chi connectivity index (χ2v) is 3.70. The zero-order chi connectivity index (χ0) is 11.8. The lowest BCUT2D eigenvalue weighted by molar-refractivity contribution is 1.17. The molecule has 0 radical (unpaired) electrons. The predicted molar refractivity (Wildman–Crippen MR) is 67.8 cm³/mol. The van der Waals surface area contributed by atoms with E-state index in [4.69, 9.17) is 23.2 Å². The number of pyridine rings is 2. The Morgan fingerprint density at radius 3 is 2.19 bits per heavy atom. The molecule has 0 N–H and O–H groups in total. The molecule has 0 aliphatic rings. The second kappa shape index (κ2) is 7.20. The topological polar surface area (TPSA) is 25.8 Å². The molecule has 2 rings (SSSR count). The van der Waals surface area contributed by atoms with Crippen LogP contribution in [0.2, 0.25) is 5.02 Å². The highest BCUT2D eigenvalue weighted by molar-refractivity contribution is 6.31. The minimum absolute atomic E-state index is 0.501. The van der Waals surface area contributed by atoms with Crippen LogP contribution < -0.4 is 0 Å². The van der Waals surface area contributed by atoms with E-state index in [0.29, 0.717) is 5.88 Å². The Bertz CT molecular complexity index is 397. The Labute approximate surface area is 105 Å². The lowest BCUT2D eigenvalue weighted by Gasteiger charge is -1.90. The summed E-state index contributed by atoms with van der Waals surface area (Å²) in [7, 11) is 0. The fourth-order valence-corrected chi connectivity index (χ4v) is 1.22. The molecule has 2 aromatic heterocycles. The zero-order valence-electron chi connectivity index (χ0n) is 8.90. The van der Waals surface area contributed by atoms with Crippen LogP contribution in [0, 0.1) is 6.92 Å². The van der Waals surface area contributed by atoms with E-state index in [9.17, 15) is 0 Å². The van der Waals surface area contributed by atoms with E-state index in [2.05, 4.69) is 9.97 Å². The number of rotatable bonds is 1. The number of nitrogens with zero attached hydrogens (tertiary/aromatic N) is 2. The Kier molecular flexibility index (Phi) is 5.83. The summed E-state index contributed by atoms with van der Waals surface area (Å²) in [6.45, 7) is 1.88. The molecule has 2 aromatic rings. The summed E-state index contributed by atoms with van der Waals surface area (Å²) in [6.07, 6.45) is 3.46. The van der Waals surface area contributed by atoms with E-state index in [-0.39, 0.29) is 0 Å². The van der Waals surface area contributed by atoms with E-state index >= 15 is 0 Å². The van der Waals surface area contributed by atoms with Crippen LogP contribution in [-0.2, 0) is 5.88 Å². The van der Waals surface area contributed by atoms with Crippen LogP contribution in [0.3, 0.4) is 0 Å². The average molecular weight is 255 g/mol. The maximum absolute atomic E-state index is 5.65. The lowest BCUT2D eigenvalue weighted by atomic mass is 10.4. The van der Waals surface area contributed by atoms with Crippen molar-refractivity contribution in [3.8, 4) is 0 Å². The number of aryl methyl sites for hydroxylation is 1. The Morgan fingerprint density at radius 1 is 1.06 bits per heavy atom. The number of halogens is 2. The van der Waals surface area contributed by atoms with Crippen molar-refractivity contribution in [2.45, 2.75) is 12.8 Å². The number of hydrogen-bond donors (Lipinski definition) is 0. The van der Waals surface area contributed by atoms with Crippen molar-refractivity contribution in [2.24, 2.45) is 0 Å². The monoisotopic (exact) mass is 254 g/mol. The van der Waals surface area contributed by atoms with Crippen LogP contribution in [0.15, 0.2) is 42.7 Å². The van der Waals surface area contributed by atoms with E-state index in [0.717, 1.165) is 16.4 Å². The first kappa shape index (κ1) is 12.9. The first-order chi connectivity index (χ1) is 7.74. The molecule has 0 atom stereocenters. The summed E-state index contributed by atoms with van der Waals surface area (Å²) in [4.78, 5) is 7.91. The van der Waals surface area contributed by atoms with E-state index in [1.54, 1.807) is 12.4 Å². The van der Waals surface area contributed by atoms with Crippen LogP contribution in [0.4, 0.5) is 0 Å². The smallest absolute Gasteiger partial charge is 0.0647 e. The van der Waals surface area contributed by atoms with Gasteiger partial charge in [-0.3, -0.25) is 9.97 Å². The van der Waals surface area contributed by atoms with Gasteiger partial charge in [0.2, 0.25) is 0 Å². The maximum Gasteiger partial charge on any atom is 0.0647 e. The normalized spacial score (nSPS) is 9.19. The number of hydrogen-bond acceptors (Lipinski definition) is 2. The molecule has 16 heavy (non-hydrogen) atoms. The van der Waals surface area contributed by atoms with Gasteiger partial charge in [0, 0.05) is 12.4 Å². The van der Waals surface area contributed by atoms with E-state index in [1.165, 1.54) is 0 Å². The van der Waals surface area contributed by atoms with Gasteiger partial charge in [0.25, 0.3) is 0 Å². The van der Waals surface area contributed by atoms with Crippen LogP contribution in [0.1, 0.15) is 11.4 Å². The number of aromatic nitrogens is 2. The third kappa shape index (κ3) is 4.60. The summed E-state index contributed by atoms with van der Waals surface area (Å²) in [6, 6.07) is 9.33. The Morgan fingerprint density at radius 2 is 1.81 bits per heavy atom. The SMILES string of the molecule is Cc1ncccc1Cl.ClCc1ccccn1. The van der Waals surface area contributed by atoms with Crippen molar-refractivity contribution < 1.29 is 0 Å². The molecule has 0 bridgehead atoms. The minimum Gasteiger partial charge on any atom is -0.260 e. The molecular weight excluding hydrogens is 243 g/mol. The van der Waals surface area contributed by atoms with Crippen molar-refractivity contribution in [1.29, 1.82) is 0 Å². The van der Waals surface area contributed by atoms with Crippen LogP contribution in [0.5, 0.6) is 0 Å². The highest BCUT2D eigenvalue weighted by Crippen LogP contribution is 2.08. The largest absolute Gasteiger partial charge is 0.260 e. The standard InChI is InChI=1S/2C6H6ClN/c1-5-6(7)3-2-4-8-5;7-5-6-3-1-2-4-8-6/h2-4H,1H3;1-4H,5H2. The average Bonchev–Trinajstić information content (AvgIpc) is 2.35. The van der Waals surface area contributed by atoms with Crippen molar-refractivity contribution in [1.82, 2.24) is 9.97 Å². The highest BCUT2D eigenvalue weighted by Gasteiger charge is 1.88. The predicted octanol–water partition coefficient (Wildman–Crippen LogP) is 3.86. The third-order valence-corrected chi connectivity index (χ3v) is 2.48. The van der Waals surface area contributed by atoms with Gasteiger partial charge in [0.05, 0.1) is 22.3 Å². The lowest BCUT2D eigenvalue weighted by Crippen LogP contribution is -1.79. The van der Waals surface area contributed by atoms with Crippen molar-refractivity contribution in [2.75, 3.05) is 0 Å². The highest BCUT2D eigenvalue weighted by atomic mass is 35.5. The molecule has 2 heterocycles. The number of alkyl halides is 1. The summed E-state index contributed by atoms with van der Waals surface area (Å²) in [5, 5.41) is 0.729. The van der Waals surface area contributed by atoms with Gasteiger partial charge in [-0.1, -0.05) is 17.7 Å². The molecule has 0 spiro atoms. The van der Waals surface area contributed by atoms with Crippen molar-refractivity contribution in [3.63, 3.8) is 0 Å². The molecule has 0 aliphatic carbocycles. The van der Waals surface area contributed by atoms with Crippen LogP contribution in [-0.4, -0.2) is 9.97 Å². The van der Waals surface area contributed by atoms with Crippen LogP contribution >= 0.6 is 23.2 Å². The van der Waals surface area contributed by atoms with Gasteiger partial charge in [-0.2, -0.15) is 0 Å². The molecule has 0 unspecified atom stereocenters. The molecule has 0 saturated carbocycles. The fourth-order valence-electron chi connectivity index (χ4n) is 0.942. The third-order valence-electron chi connectivity index (χ3n) is 1.81. The molecular formula is C12H12Cl2N2. The molecule has 84 valence electrons. The summed E-state index contributed by atoms with van der Waals surface area (Å²) >= 11 is 11.1. The molecule has 0 aromatic carbocycles. The fraction of sp³-hybridized carbons (Fsp3) is 0.167. The van der Waals surface area contributed by atoms with E-state index < -0.39 is 0 Å². The van der Waals surface area contributed by atoms with Crippen LogP contribution in [0.25, 0.3) is 0 Å². The van der Waals surface area contributed by atoms with Gasteiger partial charge in [-0.25, -0.2) is 0 Å². The zero-order valence-corrected chi connectivity index (χ0v) is 10.4. The summed E-state index contributed by atoms with van der Waals surface area (Å²) in [5.74, 6) is 0.501. The van der Waals surface area contributed by atoms with Gasteiger partial charge in [0.15, 0.2) is 0 Å². The Hall–Kier alpha value is -1.12. The molecule has 2 nitrogen and oxygen atoms in total. The quantitative estimate of drug-likeness (QED) is 0.723. The van der Waals surface area contributed by atoms with Gasteiger partial charge in [0.1, 0.15) is 0 Å². The van der Waals surface area contributed by atoms with Gasteiger partial charge < -0.3 is 0 Å². The molecule has 4 heteroatoms.